The Morgan fingerprint density at radius 2 is 2.05 bits per heavy atom. The molecule has 4 nitrogen and oxygen atoms in total. The molecule has 0 spiro atoms. The molecule has 7 heteroatoms. The van der Waals surface area contributed by atoms with Gasteiger partial charge < -0.3 is 5.73 Å². The maximum absolute atomic E-state index is 12.9. The summed E-state index contributed by atoms with van der Waals surface area (Å²) in [6.45, 7) is 3.69. The fourth-order valence-electron chi connectivity index (χ4n) is 2.68. The Morgan fingerprint density at radius 1 is 1.33 bits per heavy atom. The zero-order valence-electron chi connectivity index (χ0n) is 12.0. The zero-order chi connectivity index (χ0) is 15.6. The molecule has 0 saturated carbocycles. The number of nitrogens with two attached hydrogens (primary N) is 1. The van der Waals surface area contributed by atoms with Crippen molar-refractivity contribution >= 4 is 41.9 Å². The van der Waals surface area contributed by atoms with Crippen LogP contribution in [0.1, 0.15) is 24.8 Å². The van der Waals surface area contributed by atoms with Crippen molar-refractivity contribution in [3.05, 3.63) is 26.6 Å². The van der Waals surface area contributed by atoms with Gasteiger partial charge in [0, 0.05) is 22.0 Å². The molecule has 1 aromatic carbocycles. The van der Waals surface area contributed by atoms with E-state index in [0.29, 0.717) is 34.9 Å². The highest BCUT2D eigenvalue weighted by molar-refractivity contribution is 9.11. The predicted molar refractivity (Wildman–Crippen MR) is 91.7 cm³/mol. The summed E-state index contributed by atoms with van der Waals surface area (Å²) in [5.41, 5.74) is 6.60. The molecule has 1 saturated heterocycles. The summed E-state index contributed by atoms with van der Waals surface area (Å²) in [6.07, 6.45) is 2.83. The molecule has 0 aromatic heterocycles. The van der Waals surface area contributed by atoms with Crippen molar-refractivity contribution in [3.63, 3.8) is 0 Å². The number of hydrogen-bond acceptors (Lipinski definition) is 3. The number of aryl methyl sites for hydroxylation is 1. The molecule has 1 fully saturated rings. The first-order valence-electron chi connectivity index (χ1n) is 7.02. The van der Waals surface area contributed by atoms with E-state index in [1.165, 1.54) is 0 Å². The van der Waals surface area contributed by atoms with Gasteiger partial charge in [-0.05, 0) is 72.3 Å². The van der Waals surface area contributed by atoms with Gasteiger partial charge in [0.05, 0.1) is 4.90 Å². The molecule has 1 aliphatic rings. The minimum absolute atomic E-state index is 0.327. The van der Waals surface area contributed by atoms with Crippen molar-refractivity contribution in [1.82, 2.24) is 4.31 Å². The number of rotatable bonds is 4. The van der Waals surface area contributed by atoms with Crippen LogP contribution in [0.4, 0.5) is 0 Å². The van der Waals surface area contributed by atoms with Gasteiger partial charge in [0.1, 0.15) is 0 Å². The van der Waals surface area contributed by atoms with Gasteiger partial charge in [-0.1, -0.05) is 15.9 Å². The number of halogens is 2. The standard InChI is InChI=1S/C14H20Br2N2O2S/c1-10-7-13(16)14(8-12(10)15)21(19,20)18-6-2-3-11(9-18)4-5-17/h7-8,11H,2-6,9,17H2,1H3. The maximum Gasteiger partial charge on any atom is 0.244 e. The van der Waals surface area contributed by atoms with E-state index in [0.717, 1.165) is 29.3 Å². The largest absolute Gasteiger partial charge is 0.330 e. The lowest BCUT2D eigenvalue weighted by Gasteiger charge is -2.32. The number of sulfonamides is 1. The Balaban J connectivity index is 2.31. The monoisotopic (exact) mass is 438 g/mol. The van der Waals surface area contributed by atoms with E-state index < -0.39 is 10.0 Å². The molecule has 1 aliphatic heterocycles. The highest BCUT2D eigenvalue weighted by Crippen LogP contribution is 2.32. The van der Waals surface area contributed by atoms with Crippen molar-refractivity contribution < 1.29 is 8.42 Å². The number of piperidine rings is 1. The SMILES string of the molecule is Cc1cc(Br)c(S(=O)(=O)N2CCCC(CCN)C2)cc1Br. The minimum Gasteiger partial charge on any atom is -0.330 e. The molecule has 118 valence electrons. The Bertz CT molecular complexity index is 618. The molecule has 1 unspecified atom stereocenters. The summed E-state index contributed by atoms with van der Waals surface area (Å²) in [4.78, 5) is 0.327. The average molecular weight is 440 g/mol. The lowest BCUT2D eigenvalue weighted by atomic mass is 9.96. The molecule has 0 aliphatic carbocycles. The van der Waals surface area contributed by atoms with Crippen molar-refractivity contribution in [1.29, 1.82) is 0 Å². The summed E-state index contributed by atoms with van der Waals surface area (Å²) >= 11 is 6.80. The first-order chi connectivity index (χ1) is 9.86. The summed E-state index contributed by atoms with van der Waals surface area (Å²) in [7, 11) is -3.47. The molecule has 21 heavy (non-hydrogen) atoms. The molecule has 0 amide bonds. The van der Waals surface area contributed by atoms with Crippen LogP contribution in [0.15, 0.2) is 26.0 Å². The van der Waals surface area contributed by atoms with Crippen LogP contribution in [0.3, 0.4) is 0 Å². The van der Waals surface area contributed by atoms with Crippen molar-refractivity contribution in [3.8, 4) is 0 Å². The highest BCUT2D eigenvalue weighted by Gasteiger charge is 2.31. The van der Waals surface area contributed by atoms with Gasteiger partial charge in [0.15, 0.2) is 0 Å². The van der Waals surface area contributed by atoms with Crippen LogP contribution in [-0.2, 0) is 10.0 Å². The van der Waals surface area contributed by atoms with Crippen molar-refractivity contribution in [2.75, 3.05) is 19.6 Å². The second kappa shape index (κ2) is 7.08. The molecule has 1 heterocycles. The van der Waals surface area contributed by atoms with Gasteiger partial charge >= 0.3 is 0 Å². The lowest BCUT2D eigenvalue weighted by molar-refractivity contribution is 0.258. The van der Waals surface area contributed by atoms with Gasteiger partial charge in [-0.2, -0.15) is 4.31 Å². The van der Waals surface area contributed by atoms with Gasteiger partial charge in [-0.15, -0.1) is 0 Å². The van der Waals surface area contributed by atoms with Gasteiger partial charge in [0.2, 0.25) is 10.0 Å². The molecule has 0 bridgehead atoms. The topological polar surface area (TPSA) is 63.4 Å². The van der Waals surface area contributed by atoms with Crippen LogP contribution in [0, 0.1) is 12.8 Å². The minimum atomic E-state index is -3.47. The number of nitrogens with zero attached hydrogens (tertiary/aromatic N) is 1. The quantitative estimate of drug-likeness (QED) is 0.782. The van der Waals surface area contributed by atoms with E-state index in [2.05, 4.69) is 31.9 Å². The molecule has 1 aromatic rings. The fraction of sp³-hybridized carbons (Fsp3) is 0.571. The van der Waals surface area contributed by atoms with E-state index in [1.807, 2.05) is 13.0 Å². The van der Waals surface area contributed by atoms with Crippen molar-refractivity contribution in [2.24, 2.45) is 11.7 Å². The summed E-state index contributed by atoms with van der Waals surface area (Å²) in [5, 5.41) is 0. The van der Waals surface area contributed by atoms with Gasteiger partial charge in [0.25, 0.3) is 0 Å². The third-order valence-corrected chi connectivity index (χ3v) is 7.57. The smallest absolute Gasteiger partial charge is 0.244 e. The molecular weight excluding hydrogens is 420 g/mol. The Kier molecular flexibility index (Phi) is 5.87. The van der Waals surface area contributed by atoms with Crippen LogP contribution >= 0.6 is 31.9 Å². The van der Waals surface area contributed by atoms with Crippen LogP contribution in [0.5, 0.6) is 0 Å². The normalized spacial score (nSPS) is 20.7. The van der Waals surface area contributed by atoms with E-state index in [4.69, 9.17) is 5.73 Å². The third-order valence-electron chi connectivity index (χ3n) is 3.89. The van der Waals surface area contributed by atoms with Crippen molar-refractivity contribution in [2.45, 2.75) is 31.1 Å². The van der Waals surface area contributed by atoms with E-state index in [1.54, 1.807) is 10.4 Å². The molecule has 2 N–H and O–H groups in total. The van der Waals surface area contributed by atoms with Gasteiger partial charge in [-0.3, -0.25) is 0 Å². The molecular formula is C14H20Br2N2O2S. The van der Waals surface area contributed by atoms with Crippen LogP contribution in [0.25, 0.3) is 0 Å². The summed E-state index contributed by atoms with van der Waals surface area (Å²) < 4.78 is 28.7. The number of hydrogen-bond donors (Lipinski definition) is 1. The molecule has 2 rings (SSSR count). The fourth-order valence-corrected chi connectivity index (χ4v) is 5.87. The average Bonchev–Trinajstić information content (AvgIpc) is 2.43. The summed E-state index contributed by atoms with van der Waals surface area (Å²) in [5.74, 6) is 0.367. The summed E-state index contributed by atoms with van der Waals surface area (Å²) in [6, 6.07) is 3.51. The van der Waals surface area contributed by atoms with Gasteiger partial charge in [-0.25, -0.2) is 8.42 Å². The zero-order valence-corrected chi connectivity index (χ0v) is 16.0. The highest BCUT2D eigenvalue weighted by atomic mass is 79.9. The van der Waals surface area contributed by atoms with E-state index >= 15 is 0 Å². The Morgan fingerprint density at radius 3 is 2.71 bits per heavy atom. The molecule has 0 radical (unpaired) electrons. The van der Waals surface area contributed by atoms with Crippen LogP contribution in [0.2, 0.25) is 0 Å². The first-order valence-corrected chi connectivity index (χ1v) is 10.0. The van der Waals surface area contributed by atoms with E-state index in [9.17, 15) is 8.42 Å². The van der Waals surface area contributed by atoms with E-state index in [-0.39, 0.29) is 0 Å². The Hall–Kier alpha value is 0.0500. The Labute approximate surface area is 143 Å². The number of benzene rings is 1. The molecule has 1 atom stereocenters. The second-order valence-corrected chi connectivity index (χ2v) is 9.10. The maximum atomic E-state index is 12.9. The van der Waals surface area contributed by atoms with Crippen LogP contribution in [-0.4, -0.2) is 32.4 Å². The first kappa shape index (κ1) is 17.4. The third kappa shape index (κ3) is 3.88. The van der Waals surface area contributed by atoms with Crippen LogP contribution < -0.4 is 5.73 Å². The predicted octanol–water partition coefficient (Wildman–Crippen LogP) is 3.27. The second-order valence-electron chi connectivity index (χ2n) is 5.48. The lowest BCUT2D eigenvalue weighted by Crippen LogP contribution is -2.40.